The zero-order valence-electron chi connectivity index (χ0n) is 17.0. The van der Waals surface area contributed by atoms with Crippen LogP contribution in [-0.2, 0) is 26.2 Å². The molecular formula is C20H19F3N6OS. The van der Waals surface area contributed by atoms with Crippen LogP contribution in [0.3, 0.4) is 0 Å². The van der Waals surface area contributed by atoms with E-state index in [0.717, 1.165) is 28.6 Å². The number of hydrogen-bond acceptors (Lipinski definition) is 5. The molecule has 0 bridgehead atoms. The van der Waals surface area contributed by atoms with E-state index in [1.165, 1.54) is 17.4 Å². The van der Waals surface area contributed by atoms with Gasteiger partial charge < -0.3 is 5.32 Å². The van der Waals surface area contributed by atoms with Crippen LogP contribution in [0.15, 0.2) is 30.5 Å². The molecule has 0 fully saturated rings. The number of nitrogens with one attached hydrogen (secondary N) is 1. The van der Waals surface area contributed by atoms with Gasteiger partial charge in [0, 0.05) is 36.3 Å². The van der Waals surface area contributed by atoms with Crippen LogP contribution in [0.5, 0.6) is 0 Å². The number of nitrogens with zero attached hydrogens (tertiary/aromatic N) is 5. The van der Waals surface area contributed by atoms with Crippen molar-refractivity contribution >= 4 is 22.9 Å². The molecule has 0 saturated heterocycles. The highest BCUT2D eigenvalue weighted by Crippen LogP contribution is 2.34. The standard InChI is InChI=1S/C20H19F3N6OS/c1-4-13-5-6-16(31-13)14-7-17(20(21,22)23)29-18(25-14)8-15(27-29)19(30)24-9-12-10-28(3)26-11(12)2/h5-8,10H,4,9H2,1-3H3,(H,24,30). The summed E-state index contributed by atoms with van der Waals surface area (Å²) in [5, 5.41) is 10.7. The van der Waals surface area contributed by atoms with E-state index in [-0.39, 0.29) is 23.6 Å². The highest BCUT2D eigenvalue weighted by Gasteiger charge is 2.35. The fourth-order valence-electron chi connectivity index (χ4n) is 3.21. The second-order valence-corrected chi connectivity index (χ2v) is 8.21. The SMILES string of the molecule is CCc1ccc(-c2cc(C(F)(F)F)n3nc(C(=O)NCc4cn(C)nc4C)cc3n2)s1. The van der Waals surface area contributed by atoms with Gasteiger partial charge in [-0.1, -0.05) is 6.92 Å². The second kappa shape index (κ2) is 7.80. The van der Waals surface area contributed by atoms with Crippen molar-refractivity contribution in [3.63, 3.8) is 0 Å². The summed E-state index contributed by atoms with van der Waals surface area (Å²) in [6.45, 7) is 3.97. The molecule has 4 aromatic heterocycles. The van der Waals surface area contributed by atoms with Crippen molar-refractivity contribution in [1.29, 1.82) is 0 Å². The molecule has 4 rings (SSSR count). The first-order valence-corrected chi connectivity index (χ1v) is 10.3. The molecule has 0 spiro atoms. The van der Waals surface area contributed by atoms with Crippen molar-refractivity contribution in [3.05, 3.63) is 58.0 Å². The Morgan fingerprint density at radius 3 is 2.61 bits per heavy atom. The molecule has 0 atom stereocenters. The zero-order valence-corrected chi connectivity index (χ0v) is 17.8. The monoisotopic (exact) mass is 448 g/mol. The van der Waals surface area contributed by atoms with Crippen LogP contribution < -0.4 is 5.32 Å². The number of amides is 1. The fourth-order valence-corrected chi connectivity index (χ4v) is 4.12. The summed E-state index contributed by atoms with van der Waals surface area (Å²) in [6, 6.07) is 5.85. The molecule has 0 unspecified atom stereocenters. The molecule has 162 valence electrons. The highest BCUT2D eigenvalue weighted by atomic mass is 32.1. The lowest BCUT2D eigenvalue weighted by Crippen LogP contribution is -2.23. The Morgan fingerprint density at radius 2 is 2.00 bits per heavy atom. The van der Waals surface area contributed by atoms with Gasteiger partial charge in [0.15, 0.2) is 17.0 Å². The number of rotatable bonds is 5. The lowest BCUT2D eigenvalue weighted by Gasteiger charge is -2.10. The number of hydrogen-bond donors (Lipinski definition) is 1. The molecule has 4 heterocycles. The molecule has 0 aliphatic heterocycles. The highest BCUT2D eigenvalue weighted by molar-refractivity contribution is 7.15. The van der Waals surface area contributed by atoms with Crippen LogP contribution in [0.2, 0.25) is 0 Å². The van der Waals surface area contributed by atoms with Gasteiger partial charge in [-0.05, 0) is 31.5 Å². The summed E-state index contributed by atoms with van der Waals surface area (Å²) in [5.74, 6) is -0.590. The molecule has 1 N–H and O–H groups in total. The van der Waals surface area contributed by atoms with Gasteiger partial charge in [-0.3, -0.25) is 9.48 Å². The van der Waals surface area contributed by atoms with E-state index in [0.29, 0.717) is 9.39 Å². The van der Waals surface area contributed by atoms with Crippen molar-refractivity contribution in [1.82, 2.24) is 29.7 Å². The minimum absolute atomic E-state index is 0.0426. The molecule has 0 radical (unpaired) electrons. The first-order valence-electron chi connectivity index (χ1n) is 9.50. The van der Waals surface area contributed by atoms with Crippen LogP contribution in [0.4, 0.5) is 13.2 Å². The van der Waals surface area contributed by atoms with Gasteiger partial charge in [0.25, 0.3) is 5.91 Å². The molecule has 4 aromatic rings. The number of aryl methyl sites for hydroxylation is 3. The minimum atomic E-state index is -4.66. The number of thiophene rings is 1. The fraction of sp³-hybridized carbons (Fsp3) is 0.300. The van der Waals surface area contributed by atoms with Gasteiger partial charge >= 0.3 is 6.18 Å². The molecule has 0 aliphatic carbocycles. The summed E-state index contributed by atoms with van der Waals surface area (Å²) < 4.78 is 43.4. The first kappa shape index (κ1) is 21.0. The minimum Gasteiger partial charge on any atom is -0.346 e. The lowest BCUT2D eigenvalue weighted by molar-refractivity contribution is -0.142. The largest absolute Gasteiger partial charge is 0.433 e. The van der Waals surface area contributed by atoms with Crippen molar-refractivity contribution in [2.24, 2.45) is 7.05 Å². The summed E-state index contributed by atoms with van der Waals surface area (Å²) in [7, 11) is 1.76. The van der Waals surface area contributed by atoms with E-state index in [2.05, 4.69) is 20.5 Å². The van der Waals surface area contributed by atoms with E-state index >= 15 is 0 Å². The smallest absolute Gasteiger partial charge is 0.346 e. The Labute approximate surface area is 179 Å². The molecule has 0 aliphatic rings. The summed E-state index contributed by atoms with van der Waals surface area (Å²) in [5.41, 5.74) is 0.589. The summed E-state index contributed by atoms with van der Waals surface area (Å²) >= 11 is 1.39. The third kappa shape index (κ3) is 4.18. The number of carbonyl (C=O) groups is 1. The van der Waals surface area contributed by atoms with Gasteiger partial charge in [0.05, 0.1) is 16.3 Å². The number of fused-ring (bicyclic) bond motifs is 1. The zero-order chi connectivity index (χ0) is 22.3. The number of carbonyl (C=O) groups excluding carboxylic acids is 1. The van der Waals surface area contributed by atoms with Crippen molar-refractivity contribution < 1.29 is 18.0 Å². The van der Waals surface area contributed by atoms with Crippen LogP contribution >= 0.6 is 11.3 Å². The number of halogens is 3. The predicted molar refractivity (Wildman–Crippen MR) is 110 cm³/mol. The van der Waals surface area contributed by atoms with E-state index in [9.17, 15) is 18.0 Å². The molecule has 11 heteroatoms. The average Bonchev–Trinajstić information content (AvgIpc) is 3.42. The van der Waals surface area contributed by atoms with Crippen LogP contribution in [0.25, 0.3) is 16.2 Å². The predicted octanol–water partition coefficient (Wildman–Crippen LogP) is 4.01. The molecule has 31 heavy (non-hydrogen) atoms. The van der Waals surface area contributed by atoms with Gasteiger partial charge in [0.2, 0.25) is 0 Å². The molecule has 7 nitrogen and oxygen atoms in total. The molecule has 0 aromatic carbocycles. The van der Waals surface area contributed by atoms with Gasteiger partial charge in [-0.15, -0.1) is 11.3 Å². The van der Waals surface area contributed by atoms with E-state index < -0.39 is 17.8 Å². The maximum absolute atomic E-state index is 13.7. The maximum Gasteiger partial charge on any atom is 0.433 e. The third-order valence-corrected chi connectivity index (χ3v) is 6.02. The number of alkyl halides is 3. The topological polar surface area (TPSA) is 77.1 Å². The number of aromatic nitrogens is 5. The Morgan fingerprint density at radius 1 is 1.23 bits per heavy atom. The van der Waals surface area contributed by atoms with Gasteiger partial charge in [-0.25, -0.2) is 9.50 Å². The van der Waals surface area contributed by atoms with Crippen LogP contribution in [0, 0.1) is 6.92 Å². The Balaban J connectivity index is 1.69. The maximum atomic E-state index is 13.7. The van der Waals surface area contributed by atoms with Gasteiger partial charge in [0.1, 0.15) is 0 Å². The third-order valence-electron chi connectivity index (χ3n) is 4.77. The molecule has 1 amide bonds. The van der Waals surface area contributed by atoms with Crippen LogP contribution in [0.1, 0.15) is 39.2 Å². The van der Waals surface area contributed by atoms with E-state index in [1.807, 2.05) is 19.9 Å². The van der Waals surface area contributed by atoms with Crippen molar-refractivity contribution in [3.8, 4) is 10.6 Å². The Hall–Kier alpha value is -3.21. The normalized spacial score (nSPS) is 11.9. The molecular weight excluding hydrogens is 429 g/mol. The van der Waals surface area contributed by atoms with Crippen LogP contribution in [-0.4, -0.2) is 30.3 Å². The average molecular weight is 448 g/mol. The lowest BCUT2D eigenvalue weighted by atomic mass is 10.2. The summed E-state index contributed by atoms with van der Waals surface area (Å²) in [6.07, 6.45) is -2.11. The molecule has 0 saturated carbocycles. The van der Waals surface area contributed by atoms with Crippen molar-refractivity contribution in [2.45, 2.75) is 33.0 Å². The van der Waals surface area contributed by atoms with E-state index in [1.54, 1.807) is 24.0 Å². The first-order chi connectivity index (χ1) is 14.7. The van der Waals surface area contributed by atoms with Crippen molar-refractivity contribution in [2.75, 3.05) is 0 Å². The quantitative estimate of drug-likeness (QED) is 0.501. The van der Waals surface area contributed by atoms with Gasteiger partial charge in [-0.2, -0.15) is 23.4 Å². The Bertz CT molecular complexity index is 1270. The Kier molecular flexibility index (Phi) is 5.29. The van der Waals surface area contributed by atoms with E-state index in [4.69, 9.17) is 0 Å². The summed E-state index contributed by atoms with van der Waals surface area (Å²) in [4.78, 5) is 18.5. The second-order valence-electron chi connectivity index (χ2n) is 7.04.